The average Bonchev–Trinajstić information content (AvgIpc) is 3.43. The Morgan fingerprint density at radius 2 is 2.03 bits per heavy atom. The Bertz CT molecular complexity index is 1480. The van der Waals surface area contributed by atoms with Gasteiger partial charge in [-0.1, -0.05) is 34.1 Å². The van der Waals surface area contributed by atoms with E-state index in [9.17, 15) is 35.3 Å². The Morgan fingerprint density at radius 1 is 1.27 bits per heavy atom. The van der Waals surface area contributed by atoms with E-state index in [2.05, 4.69) is 27.1 Å². The minimum atomic E-state index is -1.78. The summed E-state index contributed by atoms with van der Waals surface area (Å²) in [7, 11) is 0. The molecule has 2 aliphatic rings. The van der Waals surface area contributed by atoms with Crippen molar-refractivity contribution in [1.82, 2.24) is 14.7 Å². The van der Waals surface area contributed by atoms with E-state index in [1.807, 2.05) is 0 Å². The summed E-state index contributed by atoms with van der Waals surface area (Å²) in [6.07, 6.45) is -3.71. The number of benzene rings is 2. The fraction of sp³-hybridized carbons (Fsp3) is 0.280. The molecule has 3 aromatic rings. The van der Waals surface area contributed by atoms with Gasteiger partial charge in [0.1, 0.15) is 24.0 Å². The maximum Gasteiger partial charge on any atom is 0.370 e. The summed E-state index contributed by atoms with van der Waals surface area (Å²) in [6, 6.07) is 12.0. The number of amides is 1. The summed E-state index contributed by atoms with van der Waals surface area (Å²) in [4.78, 5) is 26.9. The molecule has 4 N–H and O–H groups in total. The molecule has 2 aliphatic heterocycles. The summed E-state index contributed by atoms with van der Waals surface area (Å²) in [5.41, 5.74) is 1.71. The van der Waals surface area contributed by atoms with E-state index in [1.54, 1.807) is 42.5 Å². The fourth-order valence-electron chi connectivity index (χ4n) is 4.92. The highest BCUT2D eigenvalue weighted by molar-refractivity contribution is 9.10. The van der Waals surface area contributed by atoms with Gasteiger partial charge in [-0.15, -0.1) is 0 Å². The van der Waals surface area contributed by atoms with Crippen LogP contribution in [0.15, 0.2) is 58.8 Å². The zero-order valence-corrected chi connectivity index (χ0v) is 20.7. The first-order valence-corrected chi connectivity index (χ1v) is 12.1. The lowest BCUT2D eigenvalue weighted by molar-refractivity contribution is -0.149. The SMILES string of the molecule is N#Cc1c2cc(Br)ccc2nn1[C@H]1C=C(C(=O)O)O[C@@H]([C@H](O)[C@H](O)CO)[C@@H]1N1Cc2ccccc2C1=O. The molecule has 5 atom stereocenters. The predicted molar refractivity (Wildman–Crippen MR) is 131 cm³/mol. The van der Waals surface area contributed by atoms with Crippen LogP contribution in [0.2, 0.25) is 0 Å². The third kappa shape index (κ3) is 4.15. The second-order valence-corrected chi connectivity index (χ2v) is 9.71. The topological polar surface area (TPSA) is 169 Å². The van der Waals surface area contributed by atoms with Crippen LogP contribution >= 0.6 is 15.9 Å². The fourth-order valence-corrected chi connectivity index (χ4v) is 5.28. The Labute approximate surface area is 218 Å². The van der Waals surface area contributed by atoms with E-state index in [4.69, 9.17) is 4.74 Å². The van der Waals surface area contributed by atoms with Crippen LogP contribution in [-0.2, 0) is 16.1 Å². The van der Waals surface area contributed by atoms with Crippen LogP contribution in [0.25, 0.3) is 10.9 Å². The molecule has 12 heteroatoms. The molecule has 0 bridgehead atoms. The lowest BCUT2D eigenvalue weighted by Crippen LogP contribution is -2.59. The smallest absolute Gasteiger partial charge is 0.370 e. The molecule has 2 aromatic carbocycles. The molecule has 0 spiro atoms. The van der Waals surface area contributed by atoms with Gasteiger partial charge in [-0.05, 0) is 35.9 Å². The van der Waals surface area contributed by atoms with E-state index < -0.39 is 54.6 Å². The highest BCUT2D eigenvalue weighted by atomic mass is 79.9. The minimum Gasteiger partial charge on any atom is -0.478 e. The summed E-state index contributed by atoms with van der Waals surface area (Å²) in [5, 5.41) is 55.6. The number of carboxylic acids is 1. The number of aliphatic hydroxyl groups is 3. The summed E-state index contributed by atoms with van der Waals surface area (Å²) >= 11 is 3.38. The van der Waals surface area contributed by atoms with Crippen LogP contribution in [0, 0.1) is 11.3 Å². The third-order valence-corrected chi connectivity index (χ3v) is 7.15. The molecule has 0 fully saturated rings. The number of carboxylic acid groups (broad SMARTS) is 1. The van der Waals surface area contributed by atoms with Crippen molar-refractivity contribution in [2.75, 3.05) is 6.61 Å². The molecule has 0 radical (unpaired) electrons. The average molecular weight is 569 g/mol. The van der Waals surface area contributed by atoms with Gasteiger partial charge in [-0.2, -0.15) is 10.4 Å². The summed E-state index contributed by atoms with van der Waals surface area (Å²) in [6.45, 7) is -0.718. The Balaban J connectivity index is 1.73. The van der Waals surface area contributed by atoms with Crippen molar-refractivity contribution >= 4 is 38.7 Å². The zero-order valence-electron chi connectivity index (χ0n) is 19.1. The third-order valence-electron chi connectivity index (χ3n) is 6.66. The van der Waals surface area contributed by atoms with E-state index in [0.29, 0.717) is 26.5 Å². The van der Waals surface area contributed by atoms with Crippen molar-refractivity contribution in [3.63, 3.8) is 0 Å². The molecule has 11 nitrogen and oxygen atoms in total. The van der Waals surface area contributed by atoms with Crippen LogP contribution in [0.5, 0.6) is 0 Å². The number of aliphatic carboxylic acids is 1. The number of halogens is 1. The first-order valence-electron chi connectivity index (χ1n) is 11.3. The number of carbonyl (C=O) groups is 2. The molecule has 1 aromatic heterocycles. The molecular formula is C25H21BrN4O7. The van der Waals surface area contributed by atoms with Gasteiger partial charge in [0, 0.05) is 22.0 Å². The van der Waals surface area contributed by atoms with Crippen molar-refractivity contribution < 1.29 is 34.8 Å². The molecule has 0 aliphatic carbocycles. The van der Waals surface area contributed by atoms with Crippen LogP contribution < -0.4 is 0 Å². The van der Waals surface area contributed by atoms with Crippen molar-refractivity contribution in [2.24, 2.45) is 0 Å². The van der Waals surface area contributed by atoms with Crippen LogP contribution in [0.4, 0.5) is 0 Å². The van der Waals surface area contributed by atoms with Gasteiger partial charge in [0.05, 0.1) is 24.2 Å². The lowest BCUT2D eigenvalue weighted by atomic mass is 9.90. The number of nitrogens with zero attached hydrogens (tertiary/aromatic N) is 4. The highest BCUT2D eigenvalue weighted by Crippen LogP contribution is 2.39. The minimum absolute atomic E-state index is 0.106. The largest absolute Gasteiger partial charge is 0.478 e. The predicted octanol–water partition coefficient (Wildman–Crippen LogP) is 1.32. The maximum absolute atomic E-state index is 13.5. The summed E-state index contributed by atoms with van der Waals surface area (Å²) < 4.78 is 7.65. The number of ether oxygens (including phenoxy) is 1. The second kappa shape index (κ2) is 9.60. The first-order chi connectivity index (χ1) is 17.7. The molecule has 3 heterocycles. The van der Waals surface area contributed by atoms with Gasteiger partial charge in [0.2, 0.25) is 5.76 Å². The van der Waals surface area contributed by atoms with Crippen molar-refractivity contribution in [1.29, 1.82) is 5.26 Å². The molecule has 190 valence electrons. The normalized spacial score (nSPS) is 22.7. The highest BCUT2D eigenvalue weighted by Gasteiger charge is 2.50. The van der Waals surface area contributed by atoms with Crippen molar-refractivity contribution in [2.45, 2.75) is 36.9 Å². The van der Waals surface area contributed by atoms with E-state index in [0.717, 1.165) is 0 Å². The monoisotopic (exact) mass is 568 g/mol. The van der Waals surface area contributed by atoms with Crippen molar-refractivity contribution in [3.8, 4) is 6.07 Å². The lowest BCUT2D eigenvalue weighted by Gasteiger charge is -2.43. The summed E-state index contributed by atoms with van der Waals surface area (Å²) in [5.74, 6) is -2.40. The van der Waals surface area contributed by atoms with Crippen LogP contribution in [0.1, 0.15) is 27.7 Å². The molecule has 5 rings (SSSR count). The van der Waals surface area contributed by atoms with E-state index >= 15 is 0 Å². The number of hydrogen-bond acceptors (Lipinski definition) is 8. The Kier molecular flexibility index (Phi) is 6.47. The number of aliphatic hydroxyl groups excluding tert-OH is 3. The molecule has 0 saturated carbocycles. The zero-order chi connectivity index (χ0) is 26.4. The van der Waals surface area contributed by atoms with Gasteiger partial charge in [0.25, 0.3) is 5.91 Å². The van der Waals surface area contributed by atoms with E-state index in [1.165, 1.54) is 15.7 Å². The first kappa shape index (κ1) is 24.9. The number of carbonyl (C=O) groups excluding carboxylic acids is 1. The quantitative estimate of drug-likeness (QED) is 0.342. The molecular weight excluding hydrogens is 548 g/mol. The van der Waals surface area contributed by atoms with Crippen LogP contribution in [0.3, 0.4) is 0 Å². The number of rotatable bonds is 6. The van der Waals surface area contributed by atoms with Gasteiger partial charge >= 0.3 is 5.97 Å². The molecule has 1 amide bonds. The number of fused-ring (bicyclic) bond motifs is 2. The standard InChI is InChI=1S/C25H21BrN4O7/c26-13-5-6-16-15(7-13)18(9-27)30(28-16)17-8-20(25(35)36)37-23(22(33)19(32)11-31)21(17)29-10-12-3-1-2-4-14(12)24(29)34/h1-8,17,19,21-23,31-33H,10-11H2,(H,35,36)/t17-,19+,21+,22+,23+/m0/s1. The van der Waals surface area contributed by atoms with Gasteiger partial charge in [0.15, 0.2) is 6.10 Å². The van der Waals surface area contributed by atoms with Gasteiger partial charge in [-0.3, -0.25) is 4.79 Å². The number of nitriles is 1. The second-order valence-electron chi connectivity index (χ2n) is 8.80. The molecule has 0 unspecified atom stereocenters. The number of hydrogen-bond donors (Lipinski definition) is 4. The molecule has 37 heavy (non-hydrogen) atoms. The van der Waals surface area contributed by atoms with E-state index in [-0.39, 0.29) is 12.2 Å². The number of aromatic nitrogens is 2. The molecule has 0 saturated heterocycles. The van der Waals surface area contributed by atoms with Gasteiger partial charge in [-0.25, -0.2) is 9.48 Å². The van der Waals surface area contributed by atoms with Crippen LogP contribution in [-0.4, -0.2) is 77.9 Å². The van der Waals surface area contributed by atoms with Gasteiger partial charge < -0.3 is 30.1 Å². The van der Waals surface area contributed by atoms with Crippen molar-refractivity contribution in [3.05, 3.63) is 75.6 Å². The Hall–Kier alpha value is -3.76. The maximum atomic E-state index is 13.5. The Morgan fingerprint density at radius 3 is 2.70 bits per heavy atom.